The van der Waals surface area contributed by atoms with Crippen LogP contribution in [-0.2, 0) is 4.79 Å². The Morgan fingerprint density at radius 2 is 1.96 bits per heavy atom. The van der Waals surface area contributed by atoms with E-state index in [1.807, 2.05) is 13.8 Å². The van der Waals surface area contributed by atoms with Gasteiger partial charge in [0, 0.05) is 13.1 Å². The number of hydrazine groups is 1. The number of ether oxygens (including phenoxy) is 1. The van der Waals surface area contributed by atoms with E-state index < -0.39 is 12.1 Å². The van der Waals surface area contributed by atoms with Crippen molar-refractivity contribution in [2.45, 2.75) is 39.7 Å². The Hall–Kier alpha value is -2.49. The van der Waals surface area contributed by atoms with E-state index in [1.165, 1.54) is 17.1 Å². The summed E-state index contributed by atoms with van der Waals surface area (Å²) >= 11 is 0. The van der Waals surface area contributed by atoms with Crippen molar-refractivity contribution in [3.63, 3.8) is 0 Å². The van der Waals surface area contributed by atoms with Gasteiger partial charge in [0.25, 0.3) is 5.91 Å². The van der Waals surface area contributed by atoms with Crippen LogP contribution >= 0.6 is 0 Å². The van der Waals surface area contributed by atoms with Gasteiger partial charge in [-0.1, -0.05) is 20.3 Å². The maximum absolute atomic E-state index is 12.6. The Balaban J connectivity index is 2.10. The van der Waals surface area contributed by atoms with Gasteiger partial charge < -0.3 is 10.5 Å². The summed E-state index contributed by atoms with van der Waals surface area (Å²) in [6.07, 6.45) is 1.48. The third-order valence-electron chi connectivity index (χ3n) is 4.19. The quantitative estimate of drug-likeness (QED) is 0.793. The number of rotatable bonds is 5. The van der Waals surface area contributed by atoms with E-state index in [2.05, 4.69) is 20.3 Å². The molecule has 2 heterocycles. The minimum Gasteiger partial charge on any atom is -0.467 e. The van der Waals surface area contributed by atoms with Gasteiger partial charge in [0.05, 0.1) is 13.2 Å². The summed E-state index contributed by atoms with van der Waals surface area (Å²) in [5, 5.41) is 5.32. The highest BCUT2D eigenvalue weighted by Crippen LogP contribution is 2.17. The second-order valence-electron chi connectivity index (χ2n) is 5.97. The predicted octanol–water partition coefficient (Wildman–Crippen LogP) is 0.543. The van der Waals surface area contributed by atoms with Crippen molar-refractivity contribution in [2.75, 3.05) is 25.5 Å². The van der Waals surface area contributed by atoms with Gasteiger partial charge in [-0.2, -0.15) is 15.0 Å². The van der Waals surface area contributed by atoms with E-state index >= 15 is 0 Å². The molecule has 138 valence electrons. The van der Waals surface area contributed by atoms with E-state index in [1.54, 1.807) is 6.92 Å². The van der Waals surface area contributed by atoms with Gasteiger partial charge >= 0.3 is 12.0 Å². The lowest BCUT2D eigenvalue weighted by Crippen LogP contribution is -2.54. The largest absolute Gasteiger partial charge is 0.467 e. The van der Waals surface area contributed by atoms with Gasteiger partial charge in [-0.3, -0.25) is 10.1 Å². The van der Waals surface area contributed by atoms with Crippen molar-refractivity contribution in [1.29, 1.82) is 0 Å². The molecule has 1 saturated heterocycles. The predicted molar refractivity (Wildman–Crippen MR) is 90.6 cm³/mol. The number of urea groups is 1. The van der Waals surface area contributed by atoms with Gasteiger partial charge in [0.2, 0.25) is 5.95 Å². The van der Waals surface area contributed by atoms with Crippen LogP contribution in [0.4, 0.5) is 10.7 Å². The van der Waals surface area contributed by atoms with Crippen molar-refractivity contribution in [1.82, 2.24) is 25.0 Å². The summed E-state index contributed by atoms with van der Waals surface area (Å²) in [5.74, 6) is 0.259. The number of anilines is 1. The highest BCUT2D eigenvalue weighted by Gasteiger charge is 2.35. The molecule has 2 unspecified atom stereocenters. The first-order valence-corrected chi connectivity index (χ1v) is 8.29. The Kier molecular flexibility index (Phi) is 6.07. The molecule has 10 heteroatoms. The summed E-state index contributed by atoms with van der Waals surface area (Å²) < 4.78 is 4.96. The molecule has 1 fully saturated rings. The number of methoxy groups -OCH3 is 1. The Morgan fingerprint density at radius 3 is 2.60 bits per heavy atom. The molecule has 25 heavy (non-hydrogen) atoms. The first-order chi connectivity index (χ1) is 11.9. The van der Waals surface area contributed by atoms with Gasteiger partial charge in [-0.25, -0.2) is 14.8 Å². The zero-order chi connectivity index (χ0) is 18.6. The lowest BCUT2D eigenvalue weighted by Gasteiger charge is -2.31. The molecule has 2 atom stereocenters. The van der Waals surface area contributed by atoms with Crippen molar-refractivity contribution < 1.29 is 14.3 Å². The molecular formula is C15H25N7O3. The molecule has 1 aromatic rings. The lowest BCUT2D eigenvalue weighted by atomic mass is 9.99. The first kappa shape index (κ1) is 18.8. The van der Waals surface area contributed by atoms with E-state index in [4.69, 9.17) is 10.5 Å². The van der Waals surface area contributed by atoms with E-state index in [0.717, 1.165) is 6.42 Å². The van der Waals surface area contributed by atoms with Crippen LogP contribution in [0.1, 0.15) is 32.5 Å². The van der Waals surface area contributed by atoms with Gasteiger partial charge in [-0.05, 0) is 19.3 Å². The van der Waals surface area contributed by atoms with Crippen LogP contribution < -0.4 is 15.8 Å². The molecule has 2 rings (SSSR count). The number of nitrogens with zero attached hydrogens (tertiary/aromatic N) is 5. The molecule has 3 amide bonds. The van der Waals surface area contributed by atoms with Crippen molar-refractivity contribution >= 4 is 17.9 Å². The smallest absolute Gasteiger partial charge is 0.343 e. The van der Waals surface area contributed by atoms with Crippen LogP contribution in [0.15, 0.2) is 0 Å². The molecule has 0 radical (unpaired) electrons. The van der Waals surface area contributed by atoms with Crippen molar-refractivity contribution in [3.8, 4) is 6.01 Å². The molecule has 0 aromatic carbocycles. The maximum Gasteiger partial charge on any atom is 0.343 e. The molecule has 0 saturated carbocycles. The summed E-state index contributed by atoms with van der Waals surface area (Å²) in [7, 11) is 1.43. The SMILES string of the molecule is CCC(C)C(N)C(=O)N1CCCN1C(=O)Nc1nc(C)nc(OC)n1. The number of carbonyl (C=O) groups excluding carboxylic acids is 2. The first-order valence-electron chi connectivity index (χ1n) is 8.29. The number of carbonyl (C=O) groups is 2. The Bertz CT molecular complexity index is 640. The fourth-order valence-electron chi connectivity index (χ4n) is 2.49. The highest BCUT2D eigenvalue weighted by atomic mass is 16.5. The van der Waals surface area contributed by atoms with Gasteiger partial charge in [-0.15, -0.1) is 0 Å². The minimum absolute atomic E-state index is 0.0356. The topological polar surface area (TPSA) is 127 Å². The van der Waals surface area contributed by atoms with Crippen LogP contribution in [0.3, 0.4) is 0 Å². The molecular weight excluding hydrogens is 326 g/mol. The monoisotopic (exact) mass is 351 g/mol. The fourth-order valence-corrected chi connectivity index (χ4v) is 2.49. The van der Waals surface area contributed by atoms with Crippen molar-refractivity contribution in [2.24, 2.45) is 11.7 Å². The standard InChI is InChI=1S/C15H25N7O3/c1-5-9(2)11(16)12(23)21-7-6-8-22(21)15(24)20-13-17-10(3)18-14(19-13)25-4/h9,11H,5-8,16H2,1-4H3,(H,17,18,19,20,24). The van der Waals surface area contributed by atoms with Gasteiger partial charge in [0.15, 0.2) is 0 Å². The van der Waals surface area contributed by atoms with Crippen LogP contribution in [-0.4, -0.2) is 63.1 Å². The van der Waals surface area contributed by atoms with Crippen molar-refractivity contribution in [3.05, 3.63) is 5.82 Å². The second-order valence-corrected chi connectivity index (χ2v) is 5.97. The third kappa shape index (κ3) is 4.32. The summed E-state index contributed by atoms with van der Waals surface area (Å²) in [5.41, 5.74) is 6.02. The van der Waals surface area contributed by atoms with Crippen LogP contribution in [0.25, 0.3) is 0 Å². The number of nitrogens with two attached hydrogens (primary N) is 1. The lowest BCUT2D eigenvalue weighted by molar-refractivity contribution is -0.142. The highest BCUT2D eigenvalue weighted by molar-refractivity contribution is 5.91. The number of nitrogens with one attached hydrogen (secondary N) is 1. The molecule has 1 aliphatic rings. The van der Waals surface area contributed by atoms with E-state index in [-0.39, 0.29) is 23.8 Å². The van der Waals surface area contributed by atoms with Crippen LogP contribution in [0.5, 0.6) is 6.01 Å². The molecule has 0 spiro atoms. The number of aryl methyl sites for hydroxylation is 1. The molecule has 3 N–H and O–H groups in total. The molecule has 1 aromatic heterocycles. The average molecular weight is 351 g/mol. The molecule has 0 bridgehead atoms. The van der Waals surface area contributed by atoms with Gasteiger partial charge in [0.1, 0.15) is 5.82 Å². The Labute approximate surface area is 146 Å². The van der Waals surface area contributed by atoms with Crippen LogP contribution in [0.2, 0.25) is 0 Å². The molecule has 1 aliphatic heterocycles. The summed E-state index contributed by atoms with van der Waals surface area (Å²) in [6, 6.07) is -1.02. The second kappa shape index (κ2) is 8.06. The number of hydrogen-bond donors (Lipinski definition) is 2. The van der Waals surface area contributed by atoms with E-state index in [9.17, 15) is 9.59 Å². The zero-order valence-corrected chi connectivity index (χ0v) is 15.0. The number of amides is 3. The average Bonchev–Trinajstić information content (AvgIpc) is 3.08. The normalized spacial score (nSPS) is 16.5. The van der Waals surface area contributed by atoms with E-state index in [0.29, 0.717) is 25.3 Å². The summed E-state index contributed by atoms with van der Waals surface area (Å²) in [6.45, 7) is 6.43. The fraction of sp³-hybridized carbons (Fsp3) is 0.667. The minimum atomic E-state index is -0.641. The zero-order valence-electron chi connectivity index (χ0n) is 15.0. The maximum atomic E-state index is 12.6. The molecule has 10 nitrogen and oxygen atoms in total. The Morgan fingerprint density at radius 1 is 1.28 bits per heavy atom. The van der Waals surface area contributed by atoms with Crippen LogP contribution in [0, 0.1) is 12.8 Å². The number of hydrogen-bond acceptors (Lipinski definition) is 7. The molecule has 0 aliphatic carbocycles. The number of aromatic nitrogens is 3. The summed E-state index contributed by atoms with van der Waals surface area (Å²) in [4.78, 5) is 37.1. The third-order valence-corrected chi connectivity index (χ3v) is 4.19.